The van der Waals surface area contributed by atoms with Crippen molar-refractivity contribution in [2.24, 2.45) is 5.92 Å². The Hall–Kier alpha value is -0.560. The van der Waals surface area contributed by atoms with Crippen LogP contribution in [0.3, 0.4) is 0 Å². The third-order valence-corrected chi connectivity index (χ3v) is 2.08. The van der Waals surface area contributed by atoms with Crippen LogP contribution in [0.1, 0.15) is 34.1 Å². The second-order valence-corrected chi connectivity index (χ2v) is 4.21. The summed E-state index contributed by atoms with van der Waals surface area (Å²) in [6.45, 7) is 12.6. The molecule has 0 fully saturated rings. The molecule has 0 bridgehead atoms. The van der Waals surface area contributed by atoms with Crippen LogP contribution in [0.5, 0.6) is 0 Å². The number of hydrogen-bond donors (Lipinski definition) is 1. The molecule has 0 aromatic carbocycles. The predicted molar refractivity (Wildman–Crippen MR) is 60.9 cm³/mol. The first kappa shape index (κ1) is 12.4. The van der Waals surface area contributed by atoms with E-state index in [9.17, 15) is 0 Å². The van der Waals surface area contributed by atoms with Gasteiger partial charge in [-0.2, -0.15) is 0 Å². The third kappa shape index (κ3) is 5.64. The minimum absolute atomic E-state index is 0.497. The van der Waals surface area contributed by atoms with Crippen molar-refractivity contribution in [2.45, 2.75) is 40.2 Å². The van der Waals surface area contributed by atoms with Crippen LogP contribution in [0.4, 0.5) is 0 Å². The highest BCUT2D eigenvalue weighted by molar-refractivity contribution is 5.21. The van der Waals surface area contributed by atoms with Gasteiger partial charge in [-0.05, 0) is 33.2 Å². The average molecular weight is 181 g/mol. The van der Waals surface area contributed by atoms with Crippen molar-refractivity contribution >= 4 is 0 Å². The largest absolute Gasteiger partial charge is 0.313 e. The third-order valence-electron chi connectivity index (χ3n) is 2.08. The molecule has 13 heavy (non-hydrogen) atoms. The molecule has 0 aromatic heterocycles. The van der Waals surface area contributed by atoms with E-state index in [1.165, 1.54) is 12.0 Å². The second kappa shape index (κ2) is 5.98. The molecule has 0 amide bonds. The summed E-state index contributed by atoms with van der Waals surface area (Å²) in [6, 6.07) is 0.497. The van der Waals surface area contributed by atoms with Gasteiger partial charge in [0, 0.05) is 6.04 Å². The zero-order valence-corrected chi connectivity index (χ0v) is 9.65. The van der Waals surface area contributed by atoms with Gasteiger partial charge in [0.25, 0.3) is 0 Å². The zero-order chi connectivity index (χ0) is 10.4. The first-order chi connectivity index (χ1) is 5.97. The lowest BCUT2D eigenvalue weighted by atomic mass is 9.97. The molecule has 0 spiro atoms. The fraction of sp³-hybridized carbons (Fsp3) is 0.667. The molecule has 0 unspecified atom stereocenters. The molecule has 0 aromatic rings. The van der Waals surface area contributed by atoms with Gasteiger partial charge in [-0.25, -0.2) is 0 Å². The fourth-order valence-electron chi connectivity index (χ4n) is 1.49. The molecule has 0 rings (SSSR count). The minimum Gasteiger partial charge on any atom is -0.313 e. The van der Waals surface area contributed by atoms with Gasteiger partial charge in [0.15, 0.2) is 0 Å². The molecule has 0 aliphatic carbocycles. The SMILES string of the molecule is C=C(C)/C=C(\C)[C@@H](CC(C)C)NC. The lowest BCUT2D eigenvalue weighted by Gasteiger charge is -2.19. The average Bonchev–Trinajstić information content (AvgIpc) is 1.98. The van der Waals surface area contributed by atoms with E-state index in [1.807, 2.05) is 14.0 Å². The van der Waals surface area contributed by atoms with E-state index in [-0.39, 0.29) is 0 Å². The van der Waals surface area contributed by atoms with Gasteiger partial charge in [-0.1, -0.05) is 37.6 Å². The van der Waals surface area contributed by atoms with Crippen molar-refractivity contribution in [1.82, 2.24) is 5.32 Å². The number of likely N-dealkylation sites (N-methyl/N-ethyl adjacent to an activating group) is 1. The van der Waals surface area contributed by atoms with Gasteiger partial charge < -0.3 is 5.32 Å². The molecule has 1 atom stereocenters. The number of allylic oxidation sites excluding steroid dienone is 2. The predicted octanol–water partition coefficient (Wildman–Crippen LogP) is 3.14. The van der Waals surface area contributed by atoms with Crippen LogP contribution in [0.2, 0.25) is 0 Å². The highest BCUT2D eigenvalue weighted by Gasteiger charge is 2.09. The molecule has 0 radical (unpaired) electrons. The fourth-order valence-corrected chi connectivity index (χ4v) is 1.49. The van der Waals surface area contributed by atoms with E-state index >= 15 is 0 Å². The van der Waals surface area contributed by atoms with Crippen LogP contribution in [0.15, 0.2) is 23.8 Å². The summed E-state index contributed by atoms with van der Waals surface area (Å²) in [4.78, 5) is 0. The maximum absolute atomic E-state index is 3.89. The number of rotatable bonds is 5. The molecule has 0 aliphatic rings. The Bertz CT molecular complexity index is 189. The van der Waals surface area contributed by atoms with E-state index in [1.54, 1.807) is 0 Å². The van der Waals surface area contributed by atoms with Gasteiger partial charge in [0.1, 0.15) is 0 Å². The van der Waals surface area contributed by atoms with Crippen molar-refractivity contribution in [3.05, 3.63) is 23.8 Å². The maximum atomic E-state index is 3.89. The van der Waals surface area contributed by atoms with Gasteiger partial charge in [0.05, 0.1) is 0 Å². The molecule has 0 aliphatic heterocycles. The van der Waals surface area contributed by atoms with Crippen molar-refractivity contribution in [3.8, 4) is 0 Å². The Morgan fingerprint density at radius 3 is 2.23 bits per heavy atom. The monoisotopic (exact) mass is 181 g/mol. The van der Waals surface area contributed by atoms with E-state index < -0.39 is 0 Å². The first-order valence-electron chi connectivity index (χ1n) is 4.98. The van der Waals surface area contributed by atoms with Gasteiger partial charge in [-0.15, -0.1) is 0 Å². The van der Waals surface area contributed by atoms with Crippen molar-refractivity contribution < 1.29 is 0 Å². The topological polar surface area (TPSA) is 12.0 Å². The molecule has 1 heteroatoms. The number of nitrogens with one attached hydrogen (secondary N) is 1. The summed E-state index contributed by atoms with van der Waals surface area (Å²) < 4.78 is 0. The summed E-state index contributed by atoms with van der Waals surface area (Å²) in [5.74, 6) is 0.728. The minimum atomic E-state index is 0.497. The van der Waals surface area contributed by atoms with E-state index in [0.29, 0.717) is 6.04 Å². The summed E-state index contributed by atoms with van der Waals surface area (Å²) in [5, 5.41) is 3.33. The molecule has 1 N–H and O–H groups in total. The quantitative estimate of drug-likeness (QED) is 0.642. The van der Waals surface area contributed by atoms with Gasteiger partial charge in [0.2, 0.25) is 0 Å². The molecule has 0 heterocycles. The summed E-state index contributed by atoms with van der Waals surface area (Å²) in [7, 11) is 2.02. The van der Waals surface area contributed by atoms with E-state index in [2.05, 4.69) is 38.7 Å². The number of hydrogen-bond acceptors (Lipinski definition) is 1. The Morgan fingerprint density at radius 1 is 1.38 bits per heavy atom. The molecular formula is C12H23N. The summed E-state index contributed by atoms with van der Waals surface area (Å²) >= 11 is 0. The Labute approximate surface area is 82.9 Å². The summed E-state index contributed by atoms with van der Waals surface area (Å²) in [5.41, 5.74) is 2.50. The molecule has 1 nitrogen and oxygen atoms in total. The van der Waals surface area contributed by atoms with Crippen LogP contribution in [-0.2, 0) is 0 Å². The summed E-state index contributed by atoms with van der Waals surface area (Å²) in [6.07, 6.45) is 3.34. The normalized spacial score (nSPS) is 14.8. The van der Waals surface area contributed by atoms with Gasteiger partial charge >= 0.3 is 0 Å². The Morgan fingerprint density at radius 2 is 1.92 bits per heavy atom. The van der Waals surface area contributed by atoms with E-state index in [0.717, 1.165) is 11.5 Å². The van der Waals surface area contributed by atoms with E-state index in [4.69, 9.17) is 0 Å². The zero-order valence-electron chi connectivity index (χ0n) is 9.65. The molecule has 0 saturated carbocycles. The van der Waals surface area contributed by atoms with Crippen LogP contribution in [0, 0.1) is 5.92 Å². The standard InChI is InChI=1S/C12H23N/c1-9(2)7-11(5)12(13-6)8-10(3)4/h7,10,12-13H,1,8H2,2-6H3/b11-7+/t12-/m1/s1. The van der Waals surface area contributed by atoms with Crippen LogP contribution < -0.4 is 5.32 Å². The van der Waals surface area contributed by atoms with Crippen molar-refractivity contribution in [1.29, 1.82) is 0 Å². The highest BCUT2D eigenvalue weighted by atomic mass is 14.9. The van der Waals surface area contributed by atoms with Crippen LogP contribution >= 0.6 is 0 Å². The van der Waals surface area contributed by atoms with Crippen molar-refractivity contribution in [3.63, 3.8) is 0 Å². The lowest BCUT2D eigenvalue weighted by molar-refractivity contribution is 0.484. The molecular weight excluding hydrogens is 158 g/mol. The lowest BCUT2D eigenvalue weighted by Crippen LogP contribution is -2.28. The van der Waals surface area contributed by atoms with Crippen LogP contribution in [0.25, 0.3) is 0 Å². The van der Waals surface area contributed by atoms with Gasteiger partial charge in [-0.3, -0.25) is 0 Å². The smallest absolute Gasteiger partial charge is 0.0279 e. The second-order valence-electron chi connectivity index (χ2n) is 4.21. The Balaban J connectivity index is 4.30. The maximum Gasteiger partial charge on any atom is 0.0279 e. The Kier molecular flexibility index (Phi) is 5.72. The van der Waals surface area contributed by atoms with Crippen molar-refractivity contribution in [2.75, 3.05) is 7.05 Å². The molecule has 76 valence electrons. The van der Waals surface area contributed by atoms with Crippen LogP contribution in [-0.4, -0.2) is 13.1 Å². The first-order valence-corrected chi connectivity index (χ1v) is 4.98. The highest BCUT2D eigenvalue weighted by Crippen LogP contribution is 2.13. The molecule has 0 saturated heterocycles.